The summed E-state index contributed by atoms with van der Waals surface area (Å²) < 4.78 is 10.2. The molecule has 1 aromatic rings. The zero-order valence-electron chi connectivity index (χ0n) is 14.1. The molecule has 9 heteroatoms. The molecule has 1 N–H and O–H groups in total. The van der Waals surface area contributed by atoms with Crippen LogP contribution in [0.4, 0.5) is 0 Å². The fourth-order valence-electron chi connectivity index (χ4n) is 2.87. The second-order valence-corrected chi connectivity index (χ2v) is 8.36. The van der Waals surface area contributed by atoms with Crippen LogP contribution in [-0.4, -0.2) is 63.9 Å². The zero-order valence-corrected chi connectivity index (χ0v) is 16.5. The van der Waals surface area contributed by atoms with Crippen LogP contribution in [0.15, 0.2) is 30.3 Å². The highest BCUT2D eigenvalue weighted by atomic mass is 79.9. The van der Waals surface area contributed by atoms with Gasteiger partial charge in [-0.2, -0.15) is 0 Å². The molecule has 3 rings (SSSR count). The fraction of sp³-hybridized carbons (Fsp3) is 0.471. The van der Waals surface area contributed by atoms with Crippen molar-refractivity contribution in [2.75, 3.05) is 25.1 Å². The van der Waals surface area contributed by atoms with Crippen LogP contribution >= 0.6 is 27.7 Å². The zero-order chi connectivity index (χ0) is 18.7. The highest BCUT2D eigenvalue weighted by Crippen LogP contribution is 2.47. The van der Waals surface area contributed by atoms with Crippen molar-refractivity contribution < 1.29 is 23.9 Å². The lowest BCUT2D eigenvalue weighted by Crippen LogP contribution is -2.67. The molecule has 0 aromatic heterocycles. The standard InChI is InChI=1S/C17H19BrN2O5S/c1-11(21)25-10-17(8-18)9-20-15(23)14(16(20)26-17)19-13(22)7-24-12-5-3-2-4-6-12/h2-6,14,16H,7-10H2,1H3,(H,19,22)/t14?,16-,17-/m0/s1. The maximum absolute atomic E-state index is 12.3. The van der Waals surface area contributed by atoms with E-state index in [1.54, 1.807) is 28.8 Å². The molecule has 2 fully saturated rings. The number of nitrogens with zero attached hydrogens (tertiary/aromatic N) is 1. The second-order valence-electron chi connectivity index (χ2n) is 6.22. The number of carbonyl (C=O) groups excluding carboxylic acids is 3. The molecule has 0 aliphatic carbocycles. The van der Waals surface area contributed by atoms with E-state index in [1.807, 2.05) is 18.2 Å². The minimum atomic E-state index is -0.579. The van der Waals surface area contributed by atoms with Gasteiger partial charge in [0.05, 0.1) is 4.75 Å². The van der Waals surface area contributed by atoms with Crippen molar-refractivity contribution in [1.29, 1.82) is 0 Å². The van der Waals surface area contributed by atoms with Gasteiger partial charge in [-0.15, -0.1) is 11.8 Å². The third-order valence-electron chi connectivity index (χ3n) is 4.18. The summed E-state index contributed by atoms with van der Waals surface area (Å²) in [5.74, 6) is -0.224. The summed E-state index contributed by atoms with van der Waals surface area (Å²) in [5, 5.41) is 3.16. The molecule has 1 aromatic carbocycles. The summed E-state index contributed by atoms with van der Waals surface area (Å²) in [7, 11) is 0. The molecule has 3 atom stereocenters. The molecular weight excluding hydrogens is 424 g/mol. The molecule has 2 saturated heterocycles. The van der Waals surface area contributed by atoms with E-state index in [1.165, 1.54) is 6.92 Å². The number of β-lactam (4-membered cyclic amide) rings is 1. The summed E-state index contributed by atoms with van der Waals surface area (Å²) in [6.07, 6.45) is 0. The van der Waals surface area contributed by atoms with Gasteiger partial charge in [0, 0.05) is 18.8 Å². The summed E-state index contributed by atoms with van der Waals surface area (Å²) in [4.78, 5) is 37.2. The van der Waals surface area contributed by atoms with Gasteiger partial charge >= 0.3 is 5.97 Å². The number of alkyl halides is 1. The van der Waals surface area contributed by atoms with E-state index in [-0.39, 0.29) is 36.4 Å². The van der Waals surface area contributed by atoms with Gasteiger partial charge in [-0.05, 0) is 12.1 Å². The van der Waals surface area contributed by atoms with Crippen molar-refractivity contribution in [3.05, 3.63) is 30.3 Å². The number of hydrogen-bond acceptors (Lipinski definition) is 6. The van der Waals surface area contributed by atoms with Gasteiger partial charge in [-0.3, -0.25) is 14.4 Å². The van der Waals surface area contributed by atoms with Crippen molar-refractivity contribution in [3.63, 3.8) is 0 Å². The number of nitrogens with one attached hydrogen (secondary N) is 1. The molecule has 0 radical (unpaired) electrons. The number of ether oxygens (including phenoxy) is 2. The third kappa shape index (κ3) is 3.98. The Hall–Kier alpha value is -1.74. The van der Waals surface area contributed by atoms with Crippen LogP contribution in [0.5, 0.6) is 5.75 Å². The normalized spacial score (nSPS) is 26.7. The molecule has 0 bridgehead atoms. The van der Waals surface area contributed by atoms with Crippen LogP contribution in [0.2, 0.25) is 0 Å². The molecule has 2 aliphatic heterocycles. The minimum Gasteiger partial charge on any atom is -0.484 e. The van der Waals surface area contributed by atoms with Crippen LogP contribution in [0.3, 0.4) is 0 Å². The Bertz CT molecular complexity index is 704. The van der Waals surface area contributed by atoms with E-state index in [0.29, 0.717) is 17.6 Å². The maximum Gasteiger partial charge on any atom is 0.302 e. The molecule has 2 aliphatic rings. The van der Waals surface area contributed by atoms with E-state index in [0.717, 1.165) is 0 Å². The fourth-order valence-corrected chi connectivity index (χ4v) is 5.14. The Morgan fingerprint density at radius 2 is 2.12 bits per heavy atom. The number of hydrogen-bond donors (Lipinski definition) is 1. The van der Waals surface area contributed by atoms with Crippen molar-refractivity contribution >= 4 is 45.5 Å². The van der Waals surface area contributed by atoms with Crippen LogP contribution < -0.4 is 10.1 Å². The predicted molar refractivity (Wildman–Crippen MR) is 100 cm³/mol. The number of benzene rings is 1. The van der Waals surface area contributed by atoms with E-state index in [9.17, 15) is 14.4 Å². The monoisotopic (exact) mass is 442 g/mol. The summed E-state index contributed by atoms with van der Waals surface area (Å²) in [6.45, 7) is 1.91. The maximum atomic E-state index is 12.3. The molecule has 7 nitrogen and oxygen atoms in total. The molecular formula is C17H19BrN2O5S. The lowest BCUT2D eigenvalue weighted by molar-refractivity contribution is -0.148. The lowest BCUT2D eigenvalue weighted by Gasteiger charge is -2.41. The second kappa shape index (κ2) is 7.87. The number of halogens is 1. The highest BCUT2D eigenvalue weighted by Gasteiger charge is 2.59. The number of carbonyl (C=O) groups is 3. The number of rotatable bonds is 7. The Morgan fingerprint density at radius 1 is 1.38 bits per heavy atom. The number of fused-ring (bicyclic) bond motifs is 1. The third-order valence-corrected chi connectivity index (χ3v) is 7.29. The Balaban J connectivity index is 1.53. The predicted octanol–water partition coefficient (Wildman–Crippen LogP) is 1.16. The van der Waals surface area contributed by atoms with Gasteiger partial charge in [-0.1, -0.05) is 34.1 Å². The van der Waals surface area contributed by atoms with Crippen LogP contribution in [0.25, 0.3) is 0 Å². The van der Waals surface area contributed by atoms with E-state index in [2.05, 4.69) is 21.2 Å². The summed E-state index contributed by atoms with van der Waals surface area (Å²) in [5.41, 5.74) is 0. The molecule has 1 unspecified atom stereocenters. The van der Waals surface area contributed by atoms with Crippen molar-refractivity contribution in [1.82, 2.24) is 10.2 Å². The van der Waals surface area contributed by atoms with Gasteiger partial charge in [0.15, 0.2) is 6.61 Å². The topological polar surface area (TPSA) is 84.9 Å². The first-order chi connectivity index (χ1) is 12.4. The first-order valence-electron chi connectivity index (χ1n) is 8.09. The average molecular weight is 443 g/mol. The minimum absolute atomic E-state index is 0.124. The lowest BCUT2D eigenvalue weighted by atomic mass is 10.0. The Labute approximate surface area is 163 Å². The van der Waals surface area contributed by atoms with Crippen LogP contribution in [0, 0.1) is 0 Å². The van der Waals surface area contributed by atoms with Crippen molar-refractivity contribution in [2.45, 2.75) is 23.1 Å². The van der Waals surface area contributed by atoms with Crippen molar-refractivity contribution in [2.24, 2.45) is 0 Å². The van der Waals surface area contributed by atoms with Crippen LogP contribution in [0.1, 0.15) is 6.92 Å². The number of amides is 2. The van der Waals surface area contributed by atoms with E-state index in [4.69, 9.17) is 9.47 Å². The van der Waals surface area contributed by atoms with E-state index < -0.39 is 10.8 Å². The van der Waals surface area contributed by atoms with Gasteiger partial charge in [-0.25, -0.2) is 0 Å². The van der Waals surface area contributed by atoms with Gasteiger partial charge in [0.1, 0.15) is 23.8 Å². The molecule has 0 saturated carbocycles. The molecule has 0 spiro atoms. The van der Waals surface area contributed by atoms with Crippen LogP contribution in [-0.2, 0) is 19.1 Å². The molecule has 140 valence electrons. The average Bonchev–Trinajstić information content (AvgIpc) is 3.00. The number of para-hydroxylation sites is 1. The summed E-state index contributed by atoms with van der Waals surface area (Å²) >= 11 is 4.99. The van der Waals surface area contributed by atoms with Gasteiger partial charge in [0.25, 0.3) is 5.91 Å². The molecule has 26 heavy (non-hydrogen) atoms. The summed E-state index contributed by atoms with van der Waals surface area (Å²) in [6, 6.07) is 8.44. The van der Waals surface area contributed by atoms with Gasteiger partial charge in [0.2, 0.25) is 5.91 Å². The van der Waals surface area contributed by atoms with Crippen molar-refractivity contribution in [3.8, 4) is 5.75 Å². The number of thioether (sulfide) groups is 1. The first kappa shape index (κ1) is 19.0. The number of esters is 1. The molecule has 2 amide bonds. The smallest absolute Gasteiger partial charge is 0.302 e. The largest absolute Gasteiger partial charge is 0.484 e. The first-order valence-corrected chi connectivity index (χ1v) is 10.1. The Kier molecular flexibility index (Phi) is 5.76. The molecule has 2 heterocycles. The Morgan fingerprint density at radius 3 is 2.77 bits per heavy atom. The van der Waals surface area contributed by atoms with E-state index >= 15 is 0 Å². The quantitative estimate of drug-likeness (QED) is 0.387. The van der Waals surface area contributed by atoms with Gasteiger partial charge < -0.3 is 19.7 Å². The highest BCUT2D eigenvalue weighted by molar-refractivity contribution is 9.09. The SMILES string of the molecule is CC(=O)OC[C@]1(CBr)CN2C(=O)C(NC(=O)COc3ccccc3)[C@@H]2S1.